The molecule has 0 saturated heterocycles. The first-order valence-electron chi connectivity index (χ1n) is 9.27. The average Bonchev–Trinajstić information content (AvgIpc) is 3.06. The second-order valence-corrected chi connectivity index (χ2v) is 8.12. The Hall–Kier alpha value is -2.50. The summed E-state index contributed by atoms with van der Waals surface area (Å²) in [5.74, 6) is 0.948. The van der Waals surface area contributed by atoms with E-state index in [0.717, 1.165) is 32.5 Å². The molecule has 0 aliphatic carbocycles. The van der Waals surface area contributed by atoms with Crippen LogP contribution in [-0.4, -0.2) is 36.4 Å². The van der Waals surface area contributed by atoms with Crippen molar-refractivity contribution in [2.75, 3.05) is 20.7 Å². The van der Waals surface area contributed by atoms with Crippen LogP contribution in [0.3, 0.4) is 0 Å². The van der Waals surface area contributed by atoms with Crippen molar-refractivity contribution in [2.45, 2.75) is 27.3 Å². The molecule has 0 aliphatic heterocycles. The number of benzene rings is 2. The molecule has 146 valence electrons. The van der Waals surface area contributed by atoms with Crippen molar-refractivity contribution in [3.63, 3.8) is 0 Å². The number of ketones is 1. The molecule has 0 amide bonds. The number of thiazole rings is 1. The third-order valence-corrected chi connectivity index (χ3v) is 6.14. The molecule has 0 saturated carbocycles. The number of hydrogen-bond acceptors (Lipinski definition) is 5. The SMILES string of the molecule is COc1ccc(CN(C)CC(=O)c2sc(-c3cccc(C)c3C)nc2C)cc1. The predicted molar refractivity (Wildman–Crippen MR) is 115 cm³/mol. The Labute approximate surface area is 170 Å². The third-order valence-electron chi connectivity index (χ3n) is 4.91. The maximum absolute atomic E-state index is 12.9. The summed E-state index contributed by atoms with van der Waals surface area (Å²) in [5.41, 5.74) is 5.51. The lowest BCUT2D eigenvalue weighted by molar-refractivity contribution is 0.0946. The summed E-state index contributed by atoms with van der Waals surface area (Å²) >= 11 is 1.49. The van der Waals surface area contributed by atoms with Crippen molar-refractivity contribution in [3.8, 4) is 16.3 Å². The number of nitrogens with zero attached hydrogens (tertiary/aromatic N) is 2. The van der Waals surface area contributed by atoms with Crippen LogP contribution in [0.5, 0.6) is 5.75 Å². The minimum Gasteiger partial charge on any atom is -0.497 e. The molecule has 0 bridgehead atoms. The van der Waals surface area contributed by atoms with E-state index in [1.165, 1.54) is 22.5 Å². The van der Waals surface area contributed by atoms with Gasteiger partial charge in [0, 0.05) is 12.1 Å². The summed E-state index contributed by atoms with van der Waals surface area (Å²) in [7, 11) is 3.62. The highest BCUT2D eigenvalue weighted by molar-refractivity contribution is 7.17. The van der Waals surface area contributed by atoms with E-state index in [4.69, 9.17) is 4.74 Å². The topological polar surface area (TPSA) is 42.4 Å². The van der Waals surface area contributed by atoms with Crippen LogP contribution in [0.25, 0.3) is 10.6 Å². The summed E-state index contributed by atoms with van der Waals surface area (Å²) in [6.45, 7) is 7.19. The molecule has 3 rings (SSSR count). The first-order valence-corrected chi connectivity index (χ1v) is 10.1. The van der Waals surface area contributed by atoms with Crippen LogP contribution in [0.15, 0.2) is 42.5 Å². The summed E-state index contributed by atoms with van der Waals surface area (Å²) in [4.78, 5) is 20.3. The Bertz CT molecular complexity index is 977. The number of ether oxygens (including phenoxy) is 1. The van der Waals surface area contributed by atoms with Gasteiger partial charge in [-0.2, -0.15) is 0 Å². The zero-order valence-electron chi connectivity index (χ0n) is 17.1. The second-order valence-electron chi connectivity index (χ2n) is 7.12. The van der Waals surface area contributed by atoms with E-state index in [9.17, 15) is 4.79 Å². The molecule has 0 fully saturated rings. The average molecular weight is 395 g/mol. The summed E-state index contributed by atoms with van der Waals surface area (Å²) in [6.07, 6.45) is 0. The predicted octanol–water partition coefficient (Wildman–Crippen LogP) is 5.06. The molecule has 5 heteroatoms. The molecule has 0 N–H and O–H groups in total. The summed E-state index contributed by atoms with van der Waals surface area (Å²) in [5, 5.41) is 0.917. The number of carbonyl (C=O) groups is 1. The van der Waals surface area contributed by atoms with Gasteiger partial charge in [-0.05, 0) is 56.6 Å². The molecule has 2 aromatic carbocycles. The van der Waals surface area contributed by atoms with Gasteiger partial charge in [-0.3, -0.25) is 9.69 Å². The molecule has 1 aromatic heterocycles. The lowest BCUT2D eigenvalue weighted by Crippen LogP contribution is -2.25. The van der Waals surface area contributed by atoms with Crippen molar-refractivity contribution in [3.05, 3.63) is 69.7 Å². The number of methoxy groups -OCH3 is 1. The highest BCUT2D eigenvalue weighted by atomic mass is 32.1. The van der Waals surface area contributed by atoms with Crippen LogP contribution < -0.4 is 4.74 Å². The molecule has 0 unspecified atom stereocenters. The lowest BCUT2D eigenvalue weighted by Gasteiger charge is -2.15. The maximum Gasteiger partial charge on any atom is 0.188 e. The standard InChI is InChI=1S/C23H26N2O2S/c1-15-7-6-8-20(16(15)2)23-24-17(3)22(28-23)21(26)14-25(4)13-18-9-11-19(27-5)12-10-18/h6-12H,13-14H2,1-5H3. The fourth-order valence-corrected chi connectivity index (χ4v) is 4.25. The minimum absolute atomic E-state index is 0.113. The number of hydrogen-bond donors (Lipinski definition) is 0. The number of rotatable bonds is 7. The van der Waals surface area contributed by atoms with Gasteiger partial charge in [-0.25, -0.2) is 4.98 Å². The van der Waals surface area contributed by atoms with Crippen molar-refractivity contribution in [1.82, 2.24) is 9.88 Å². The molecular weight excluding hydrogens is 368 g/mol. The number of aromatic nitrogens is 1. The largest absolute Gasteiger partial charge is 0.497 e. The van der Waals surface area contributed by atoms with Gasteiger partial charge in [0.05, 0.1) is 24.2 Å². The Morgan fingerprint density at radius 2 is 1.82 bits per heavy atom. The zero-order valence-corrected chi connectivity index (χ0v) is 17.9. The van der Waals surface area contributed by atoms with E-state index >= 15 is 0 Å². The van der Waals surface area contributed by atoms with Crippen LogP contribution in [0.4, 0.5) is 0 Å². The number of carbonyl (C=O) groups excluding carboxylic acids is 1. The van der Waals surface area contributed by atoms with Crippen molar-refractivity contribution in [1.29, 1.82) is 0 Å². The summed E-state index contributed by atoms with van der Waals surface area (Å²) in [6, 6.07) is 14.1. The van der Waals surface area contributed by atoms with Crippen LogP contribution in [0.1, 0.15) is 32.1 Å². The van der Waals surface area contributed by atoms with Gasteiger partial charge in [0.25, 0.3) is 0 Å². The summed E-state index contributed by atoms with van der Waals surface area (Å²) < 4.78 is 5.19. The van der Waals surface area contributed by atoms with Crippen LogP contribution >= 0.6 is 11.3 Å². The van der Waals surface area contributed by atoms with Gasteiger partial charge < -0.3 is 4.74 Å². The van der Waals surface area contributed by atoms with Gasteiger partial charge in [0.1, 0.15) is 10.8 Å². The van der Waals surface area contributed by atoms with Crippen LogP contribution in [0.2, 0.25) is 0 Å². The van der Waals surface area contributed by atoms with Crippen molar-refractivity contribution < 1.29 is 9.53 Å². The van der Waals surface area contributed by atoms with Gasteiger partial charge in [0.2, 0.25) is 0 Å². The van der Waals surface area contributed by atoms with E-state index in [1.54, 1.807) is 7.11 Å². The first kappa shape index (κ1) is 20.2. The highest BCUT2D eigenvalue weighted by Gasteiger charge is 2.19. The molecule has 3 aromatic rings. The van der Waals surface area contributed by atoms with Gasteiger partial charge in [-0.1, -0.05) is 30.3 Å². The molecule has 1 heterocycles. The van der Waals surface area contributed by atoms with E-state index in [1.807, 2.05) is 49.2 Å². The minimum atomic E-state index is 0.113. The molecule has 28 heavy (non-hydrogen) atoms. The normalized spacial score (nSPS) is 11.1. The van der Waals surface area contributed by atoms with Gasteiger partial charge >= 0.3 is 0 Å². The van der Waals surface area contributed by atoms with E-state index < -0.39 is 0 Å². The molecule has 4 nitrogen and oxygen atoms in total. The van der Waals surface area contributed by atoms with Gasteiger partial charge in [-0.15, -0.1) is 11.3 Å². The maximum atomic E-state index is 12.9. The number of aryl methyl sites for hydroxylation is 2. The quantitative estimate of drug-likeness (QED) is 0.526. The van der Waals surface area contributed by atoms with Gasteiger partial charge in [0.15, 0.2) is 5.78 Å². The van der Waals surface area contributed by atoms with Crippen LogP contribution in [0, 0.1) is 20.8 Å². The zero-order chi connectivity index (χ0) is 20.3. The number of Topliss-reactive ketones (excluding diaryl/α,β-unsaturated/α-hetero) is 1. The van der Waals surface area contributed by atoms with Crippen LogP contribution in [-0.2, 0) is 6.54 Å². The number of likely N-dealkylation sites (N-methyl/N-ethyl adjacent to an activating group) is 1. The molecule has 0 spiro atoms. The van der Waals surface area contributed by atoms with E-state index in [0.29, 0.717) is 13.1 Å². The van der Waals surface area contributed by atoms with E-state index in [-0.39, 0.29) is 5.78 Å². The van der Waals surface area contributed by atoms with Crippen molar-refractivity contribution in [2.24, 2.45) is 0 Å². The fourth-order valence-electron chi connectivity index (χ4n) is 3.17. The first-order chi connectivity index (χ1) is 13.4. The molecular formula is C23H26N2O2S. The Morgan fingerprint density at radius 3 is 2.50 bits per heavy atom. The molecule has 0 radical (unpaired) electrons. The second kappa shape index (κ2) is 8.67. The third kappa shape index (κ3) is 4.49. The highest BCUT2D eigenvalue weighted by Crippen LogP contribution is 2.31. The van der Waals surface area contributed by atoms with E-state index in [2.05, 4.69) is 31.0 Å². The fraction of sp³-hybridized carbons (Fsp3) is 0.304. The smallest absolute Gasteiger partial charge is 0.188 e. The van der Waals surface area contributed by atoms with Crippen molar-refractivity contribution >= 4 is 17.1 Å². The Morgan fingerprint density at radius 1 is 1.11 bits per heavy atom. The monoisotopic (exact) mass is 394 g/mol. The Balaban J connectivity index is 1.72. The molecule has 0 atom stereocenters. The molecule has 0 aliphatic rings. The Kier molecular flexibility index (Phi) is 6.27. The lowest BCUT2D eigenvalue weighted by atomic mass is 10.0.